The van der Waals surface area contributed by atoms with Crippen LogP contribution >= 0.6 is 0 Å². The Hall–Kier alpha value is -1.66. The smallest absolute Gasteiger partial charge is 0.303 e. The van der Waals surface area contributed by atoms with Gasteiger partial charge in [-0.05, 0) is 36.8 Å². The second kappa shape index (κ2) is 8.15. The van der Waals surface area contributed by atoms with Crippen molar-refractivity contribution in [1.29, 1.82) is 0 Å². The van der Waals surface area contributed by atoms with Crippen molar-refractivity contribution in [3.8, 4) is 0 Å². The monoisotopic (exact) mass is 352 g/mol. The quantitative estimate of drug-likeness (QED) is 0.560. The molecule has 0 radical (unpaired) electrons. The average Bonchev–Trinajstić information content (AvgIpc) is 2.51. The second-order valence-corrected chi connectivity index (χ2v) is 7.29. The molecule has 2 rings (SSSR count). The Labute approximate surface area is 149 Å². The van der Waals surface area contributed by atoms with Gasteiger partial charge in [0.05, 0.1) is 6.10 Å². The molecule has 0 amide bonds. The molecule has 1 saturated carbocycles. The summed E-state index contributed by atoms with van der Waals surface area (Å²) in [5.74, 6) is -0.834. The van der Waals surface area contributed by atoms with Crippen LogP contribution in [0.2, 0.25) is 0 Å². The maximum atomic E-state index is 11.2. The molecule has 140 valence electrons. The van der Waals surface area contributed by atoms with E-state index >= 15 is 0 Å². The lowest BCUT2D eigenvalue weighted by Gasteiger charge is -2.39. The first-order chi connectivity index (χ1) is 11.7. The largest absolute Gasteiger partial charge is 0.463 e. The summed E-state index contributed by atoms with van der Waals surface area (Å²) in [5, 5.41) is 0. The summed E-state index contributed by atoms with van der Waals surface area (Å²) in [5.41, 5.74) is 1.32. The van der Waals surface area contributed by atoms with Gasteiger partial charge < -0.3 is 18.9 Å². The number of hydrogen-bond donors (Lipinski definition) is 0. The van der Waals surface area contributed by atoms with Crippen LogP contribution in [-0.2, 0) is 28.5 Å². The van der Waals surface area contributed by atoms with E-state index in [0.717, 1.165) is 19.3 Å². The van der Waals surface area contributed by atoms with Gasteiger partial charge in [-0.25, -0.2) is 0 Å². The molecule has 6 nitrogen and oxygen atoms in total. The van der Waals surface area contributed by atoms with Crippen LogP contribution in [-0.4, -0.2) is 43.1 Å². The lowest BCUT2D eigenvalue weighted by atomic mass is 9.73. The molecule has 0 saturated heterocycles. The zero-order valence-electron chi connectivity index (χ0n) is 15.4. The molecule has 1 aliphatic heterocycles. The highest BCUT2D eigenvalue weighted by molar-refractivity contribution is 5.66. The van der Waals surface area contributed by atoms with E-state index in [-0.39, 0.29) is 18.1 Å². The number of carbonyl (C=O) groups excluding carboxylic acids is 2. The lowest BCUT2D eigenvalue weighted by molar-refractivity contribution is -0.212. The van der Waals surface area contributed by atoms with Gasteiger partial charge in [0.1, 0.15) is 18.8 Å². The third-order valence-corrected chi connectivity index (χ3v) is 4.74. The molecule has 0 aromatic carbocycles. The van der Waals surface area contributed by atoms with Gasteiger partial charge in [-0.1, -0.05) is 26.0 Å². The Morgan fingerprint density at radius 2 is 2.00 bits per heavy atom. The third kappa shape index (κ3) is 5.68. The fourth-order valence-electron chi connectivity index (χ4n) is 2.99. The Balaban J connectivity index is 1.96. The van der Waals surface area contributed by atoms with Crippen molar-refractivity contribution < 1.29 is 28.5 Å². The van der Waals surface area contributed by atoms with Gasteiger partial charge in [0, 0.05) is 13.8 Å². The zero-order valence-corrected chi connectivity index (χ0v) is 15.4. The highest BCUT2D eigenvalue weighted by atomic mass is 16.7. The van der Waals surface area contributed by atoms with Crippen molar-refractivity contribution in [3.63, 3.8) is 0 Å². The molecule has 0 N–H and O–H groups in total. The number of esters is 2. The van der Waals surface area contributed by atoms with Crippen molar-refractivity contribution in [2.75, 3.05) is 6.61 Å². The minimum absolute atomic E-state index is 0.00187. The maximum absolute atomic E-state index is 11.2. The second-order valence-electron chi connectivity index (χ2n) is 7.29. The number of rotatable bonds is 5. The first kappa shape index (κ1) is 19.7. The van der Waals surface area contributed by atoms with Crippen LogP contribution in [0.4, 0.5) is 0 Å². The molecular weight excluding hydrogens is 324 g/mol. The zero-order chi connectivity index (χ0) is 18.6. The van der Waals surface area contributed by atoms with Crippen molar-refractivity contribution in [1.82, 2.24) is 0 Å². The molecule has 0 aromatic heterocycles. The molecule has 6 heteroatoms. The normalized spacial score (nSPS) is 31.4. The minimum Gasteiger partial charge on any atom is -0.463 e. The summed E-state index contributed by atoms with van der Waals surface area (Å²) in [6.45, 7) is 11.2. The van der Waals surface area contributed by atoms with Crippen LogP contribution < -0.4 is 0 Å². The van der Waals surface area contributed by atoms with Crippen molar-refractivity contribution in [2.24, 2.45) is 5.41 Å². The molecule has 1 fully saturated rings. The first-order valence-corrected chi connectivity index (χ1v) is 8.65. The van der Waals surface area contributed by atoms with Crippen LogP contribution in [0, 0.1) is 5.41 Å². The van der Waals surface area contributed by atoms with Gasteiger partial charge in [-0.15, -0.1) is 0 Å². The molecule has 1 aliphatic carbocycles. The first-order valence-electron chi connectivity index (χ1n) is 8.65. The molecule has 0 spiro atoms. The van der Waals surface area contributed by atoms with Crippen LogP contribution in [0.15, 0.2) is 24.3 Å². The van der Waals surface area contributed by atoms with E-state index in [1.54, 1.807) is 12.2 Å². The molecule has 2 aliphatic rings. The predicted molar refractivity (Wildman–Crippen MR) is 91.6 cm³/mol. The van der Waals surface area contributed by atoms with Gasteiger partial charge in [-0.3, -0.25) is 9.59 Å². The summed E-state index contributed by atoms with van der Waals surface area (Å²) in [4.78, 5) is 22.3. The van der Waals surface area contributed by atoms with Crippen molar-refractivity contribution in [3.05, 3.63) is 24.3 Å². The van der Waals surface area contributed by atoms with Gasteiger partial charge in [0.25, 0.3) is 0 Å². The van der Waals surface area contributed by atoms with E-state index in [1.165, 1.54) is 19.4 Å². The molecule has 4 atom stereocenters. The molecule has 1 unspecified atom stereocenters. The van der Waals surface area contributed by atoms with Crippen LogP contribution in [0.3, 0.4) is 0 Å². The summed E-state index contributed by atoms with van der Waals surface area (Å²) < 4.78 is 22.1. The van der Waals surface area contributed by atoms with E-state index in [1.807, 2.05) is 0 Å². The summed E-state index contributed by atoms with van der Waals surface area (Å²) in [6, 6.07) is 0. The van der Waals surface area contributed by atoms with Crippen molar-refractivity contribution >= 4 is 11.9 Å². The van der Waals surface area contributed by atoms with E-state index in [2.05, 4.69) is 20.4 Å². The lowest BCUT2D eigenvalue weighted by Crippen LogP contribution is -2.43. The Kier molecular flexibility index (Phi) is 6.41. The van der Waals surface area contributed by atoms with Crippen LogP contribution in [0.1, 0.15) is 47.0 Å². The SMILES string of the molecule is C=C1C[C@@H](O[C@H]2C=C[C@H](OC(C)=O)C(COC(C)=O)O2)CCC1(C)C. The van der Waals surface area contributed by atoms with Crippen molar-refractivity contribution in [2.45, 2.75) is 71.6 Å². The molecular formula is C19H28O6. The average molecular weight is 352 g/mol. The highest BCUT2D eigenvalue weighted by Crippen LogP contribution is 2.40. The highest BCUT2D eigenvalue weighted by Gasteiger charge is 2.35. The summed E-state index contributed by atoms with van der Waals surface area (Å²) in [7, 11) is 0. The van der Waals surface area contributed by atoms with E-state index in [9.17, 15) is 9.59 Å². The number of ether oxygens (including phenoxy) is 4. The van der Waals surface area contributed by atoms with Crippen LogP contribution in [0.5, 0.6) is 0 Å². The third-order valence-electron chi connectivity index (χ3n) is 4.74. The van der Waals surface area contributed by atoms with E-state index in [0.29, 0.717) is 0 Å². The molecule has 1 heterocycles. The molecule has 0 bridgehead atoms. The van der Waals surface area contributed by atoms with E-state index in [4.69, 9.17) is 18.9 Å². The topological polar surface area (TPSA) is 71.1 Å². The Bertz CT molecular complexity index is 550. The van der Waals surface area contributed by atoms with Gasteiger partial charge in [0.15, 0.2) is 6.29 Å². The van der Waals surface area contributed by atoms with Gasteiger partial charge in [0.2, 0.25) is 0 Å². The van der Waals surface area contributed by atoms with Crippen LogP contribution in [0.25, 0.3) is 0 Å². The maximum Gasteiger partial charge on any atom is 0.303 e. The van der Waals surface area contributed by atoms with Gasteiger partial charge >= 0.3 is 11.9 Å². The van der Waals surface area contributed by atoms with E-state index < -0.39 is 30.4 Å². The standard InChI is InChI=1S/C19H28O6/c1-12-10-15(8-9-19(12,4)5)24-18-7-6-16(23-14(3)21)17(25-18)11-22-13(2)20/h6-7,15-18H,1,8-11H2,2-5H3/t15-,16-,17?,18+/m0/s1. The summed E-state index contributed by atoms with van der Waals surface area (Å²) in [6.07, 6.45) is 4.49. The number of hydrogen-bond acceptors (Lipinski definition) is 6. The predicted octanol–water partition coefficient (Wildman–Crippen LogP) is 2.91. The summed E-state index contributed by atoms with van der Waals surface area (Å²) >= 11 is 0. The molecule has 0 aromatic rings. The fraction of sp³-hybridized carbons (Fsp3) is 0.684. The Morgan fingerprint density at radius 3 is 2.60 bits per heavy atom. The fourth-order valence-corrected chi connectivity index (χ4v) is 2.99. The Morgan fingerprint density at radius 1 is 1.28 bits per heavy atom. The minimum atomic E-state index is -0.600. The molecule has 25 heavy (non-hydrogen) atoms. The number of carbonyl (C=O) groups is 2. The van der Waals surface area contributed by atoms with Gasteiger partial charge in [-0.2, -0.15) is 0 Å².